The first kappa shape index (κ1) is 16.8. The highest BCUT2D eigenvalue weighted by molar-refractivity contribution is 7.85. The highest BCUT2D eigenvalue weighted by atomic mass is 32.2. The maximum atomic E-state index is 11.5. The van der Waals surface area contributed by atoms with E-state index in [-0.39, 0.29) is 6.54 Å². The van der Waals surface area contributed by atoms with Gasteiger partial charge in [0.25, 0.3) is 10.1 Å². The lowest BCUT2D eigenvalue weighted by molar-refractivity contribution is -0.145. The second-order valence-corrected chi connectivity index (χ2v) is 6.15. The van der Waals surface area contributed by atoms with Gasteiger partial charge in [0.15, 0.2) is 0 Å². The molecule has 0 aromatic carbocycles. The maximum Gasteiger partial charge on any atom is 0.312 e. The second-order valence-electron chi connectivity index (χ2n) is 4.65. The smallest absolute Gasteiger partial charge is 0.312 e. The summed E-state index contributed by atoms with van der Waals surface area (Å²) in [7, 11) is -4.22. The molecule has 1 amide bonds. The Morgan fingerprint density at radius 1 is 1.15 bits per heavy atom. The van der Waals surface area contributed by atoms with Gasteiger partial charge in [-0.05, 0) is 0 Å². The highest BCUT2D eigenvalue weighted by Crippen LogP contribution is 2.05. The van der Waals surface area contributed by atoms with E-state index in [2.05, 4.69) is 0 Å². The number of aliphatic carboxylic acids is 1. The van der Waals surface area contributed by atoms with E-state index in [9.17, 15) is 23.1 Å². The Morgan fingerprint density at radius 2 is 1.70 bits per heavy atom. The Morgan fingerprint density at radius 3 is 2.15 bits per heavy atom. The fourth-order valence-corrected chi connectivity index (χ4v) is 2.61. The van der Waals surface area contributed by atoms with Crippen molar-refractivity contribution in [2.45, 2.75) is 12.5 Å². The Kier molecular flexibility index (Phi) is 5.87. The molecule has 0 spiro atoms. The molecule has 3 N–H and O–H groups in total. The summed E-state index contributed by atoms with van der Waals surface area (Å²) in [5.74, 6) is -2.37. The summed E-state index contributed by atoms with van der Waals surface area (Å²) in [6.45, 7) is 1.54. The van der Waals surface area contributed by atoms with E-state index >= 15 is 0 Å². The molecule has 0 aliphatic carbocycles. The number of nitrogens with zero attached hydrogens (tertiary/aromatic N) is 2. The first-order valence-electron chi connectivity index (χ1n) is 6.02. The molecule has 0 aromatic rings. The summed E-state index contributed by atoms with van der Waals surface area (Å²) >= 11 is 0. The van der Waals surface area contributed by atoms with Crippen molar-refractivity contribution in [2.75, 3.05) is 38.5 Å². The van der Waals surface area contributed by atoms with Gasteiger partial charge in [-0.1, -0.05) is 0 Å². The first-order chi connectivity index (χ1) is 9.17. The van der Waals surface area contributed by atoms with Crippen LogP contribution < -0.4 is 0 Å². The fourth-order valence-electron chi connectivity index (χ4n) is 2.01. The van der Waals surface area contributed by atoms with Crippen LogP contribution in [-0.2, 0) is 19.7 Å². The number of hydrogen-bond acceptors (Lipinski definition) is 6. The van der Waals surface area contributed by atoms with Gasteiger partial charge in [-0.15, -0.1) is 0 Å². The minimum Gasteiger partial charge on any atom is -0.481 e. The van der Waals surface area contributed by atoms with Crippen molar-refractivity contribution in [3.63, 3.8) is 0 Å². The number of carbonyl (C=O) groups excluding carboxylic acids is 1. The minimum absolute atomic E-state index is 0.0702. The zero-order valence-electron chi connectivity index (χ0n) is 10.8. The van der Waals surface area contributed by atoms with Crippen LogP contribution >= 0.6 is 0 Å². The molecule has 9 nitrogen and oxygen atoms in total. The summed E-state index contributed by atoms with van der Waals surface area (Å²) in [6.07, 6.45) is -1.75. The quantitative estimate of drug-likeness (QED) is 0.373. The number of carboxylic acid groups (broad SMARTS) is 1. The van der Waals surface area contributed by atoms with E-state index in [0.29, 0.717) is 26.2 Å². The van der Waals surface area contributed by atoms with Crippen LogP contribution in [-0.4, -0.2) is 89.4 Å². The van der Waals surface area contributed by atoms with Gasteiger partial charge in [0.05, 0.1) is 6.10 Å². The standard InChI is InChI=1S/C10H18N2O7S/c13-8(7-20(17,18)19)6-11-1-3-12(4-2-11)9(14)5-10(15)16/h8,13H,1-7H2,(H,15,16)(H,17,18,19)/t8-/m1/s1. The molecular weight excluding hydrogens is 292 g/mol. The predicted octanol–water partition coefficient (Wildman–Crippen LogP) is -2.15. The monoisotopic (exact) mass is 310 g/mol. The van der Waals surface area contributed by atoms with Crippen molar-refractivity contribution in [1.82, 2.24) is 9.80 Å². The van der Waals surface area contributed by atoms with Crippen molar-refractivity contribution >= 4 is 22.0 Å². The zero-order valence-corrected chi connectivity index (χ0v) is 11.6. The van der Waals surface area contributed by atoms with Crippen LogP contribution in [0.25, 0.3) is 0 Å². The minimum atomic E-state index is -4.22. The number of carboxylic acids is 1. The number of aliphatic hydroxyl groups is 1. The third-order valence-corrected chi connectivity index (χ3v) is 3.71. The molecule has 1 fully saturated rings. The molecule has 1 saturated heterocycles. The lowest BCUT2D eigenvalue weighted by Crippen LogP contribution is -2.51. The fraction of sp³-hybridized carbons (Fsp3) is 0.800. The van der Waals surface area contributed by atoms with Gasteiger partial charge in [0.2, 0.25) is 5.91 Å². The van der Waals surface area contributed by atoms with Gasteiger partial charge in [0.1, 0.15) is 12.2 Å². The Balaban J connectivity index is 2.35. The Labute approximate surface area is 116 Å². The second kappa shape index (κ2) is 6.97. The largest absolute Gasteiger partial charge is 0.481 e. The molecule has 1 rings (SSSR count). The maximum absolute atomic E-state index is 11.5. The van der Waals surface area contributed by atoms with E-state index in [0.717, 1.165) is 0 Å². The van der Waals surface area contributed by atoms with Crippen LogP contribution in [0.5, 0.6) is 0 Å². The van der Waals surface area contributed by atoms with E-state index in [1.165, 1.54) is 4.90 Å². The Hall–Kier alpha value is -1.23. The SMILES string of the molecule is O=C(O)CC(=O)N1CCN(C[C@@H](O)CS(=O)(=O)O)CC1. The van der Waals surface area contributed by atoms with Gasteiger partial charge in [-0.3, -0.25) is 19.0 Å². The van der Waals surface area contributed by atoms with Crippen molar-refractivity contribution < 1.29 is 32.8 Å². The Bertz CT molecular complexity index is 456. The molecule has 1 aliphatic rings. The third kappa shape index (κ3) is 6.28. The zero-order chi connectivity index (χ0) is 15.3. The van der Waals surface area contributed by atoms with Gasteiger partial charge < -0.3 is 15.1 Å². The van der Waals surface area contributed by atoms with Crippen molar-refractivity contribution in [2.24, 2.45) is 0 Å². The molecular formula is C10H18N2O7S. The molecule has 1 aliphatic heterocycles. The highest BCUT2D eigenvalue weighted by Gasteiger charge is 2.24. The van der Waals surface area contributed by atoms with Crippen LogP contribution in [0.1, 0.15) is 6.42 Å². The molecule has 0 bridgehead atoms. The van der Waals surface area contributed by atoms with Crippen LogP contribution in [0.15, 0.2) is 0 Å². The number of β-amino-alcohol motifs (C(OH)–C–C–N with tert-alkyl or cyclic N) is 1. The van der Waals surface area contributed by atoms with Crippen LogP contribution in [0.3, 0.4) is 0 Å². The number of piperazine rings is 1. The number of aliphatic hydroxyl groups excluding tert-OH is 1. The van der Waals surface area contributed by atoms with Crippen molar-refractivity contribution in [1.29, 1.82) is 0 Å². The molecule has 0 saturated carbocycles. The van der Waals surface area contributed by atoms with E-state index in [1.807, 2.05) is 0 Å². The van der Waals surface area contributed by atoms with Gasteiger partial charge in [0, 0.05) is 32.7 Å². The molecule has 1 heterocycles. The van der Waals surface area contributed by atoms with E-state index in [4.69, 9.17) is 9.66 Å². The molecule has 20 heavy (non-hydrogen) atoms. The molecule has 0 radical (unpaired) electrons. The van der Waals surface area contributed by atoms with Gasteiger partial charge >= 0.3 is 5.97 Å². The lowest BCUT2D eigenvalue weighted by atomic mass is 10.2. The summed E-state index contributed by atoms with van der Waals surface area (Å²) in [5.41, 5.74) is 0. The lowest BCUT2D eigenvalue weighted by Gasteiger charge is -2.35. The average Bonchev–Trinajstić information content (AvgIpc) is 2.26. The van der Waals surface area contributed by atoms with Crippen LogP contribution in [0.4, 0.5) is 0 Å². The first-order valence-corrected chi connectivity index (χ1v) is 7.63. The number of hydrogen-bond donors (Lipinski definition) is 3. The van der Waals surface area contributed by atoms with Crippen LogP contribution in [0, 0.1) is 0 Å². The number of amides is 1. The topological polar surface area (TPSA) is 135 Å². The number of carbonyl (C=O) groups is 2. The predicted molar refractivity (Wildman–Crippen MR) is 67.7 cm³/mol. The van der Waals surface area contributed by atoms with Crippen molar-refractivity contribution in [3.8, 4) is 0 Å². The average molecular weight is 310 g/mol. The molecule has 116 valence electrons. The van der Waals surface area contributed by atoms with Crippen molar-refractivity contribution in [3.05, 3.63) is 0 Å². The van der Waals surface area contributed by atoms with Gasteiger partial charge in [-0.25, -0.2) is 0 Å². The van der Waals surface area contributed by atoms with E-state index < -0.39 is 40.3 Å². The van der Waals surface area contributed by atoms with Crippen LogP contribution in [0.2, 0.25) is 0 Å². The molecule has 10 heteroatoms. The van der Waals surface area contributed by atoms with E-state index in [1.54, 1.807) is 4.90 Å². The number of rotatable bonds is 6. The molecule has 1 atom stereocenters. The summed E-state index contributed by atoms with van der Waals surface area (Å²) in [4.78, 5) is 25.1. The van der Waals surface area contributed by atoms with Gasteiger partial charge in [-0.2, -0.15) is 8.42 Å². The normalized spacial score (nSPS) is 18.8. The third-order valence-electron chi connectivity index (χ3n) is 2.90. The summed E-state index contributed by atoms with van der Waals surface area (Å²) < 4.78 is 29.8. The molecule has 0 aromatic heterocycles. The molecule has 0 unspecified atom stereocenters. The summed E-state index contributed by atoms with van der Waals surface area (Å²) in [5, 5.41) is 18.0. The summed E-state index contributed by atoms with van der Waals surface area (Å²) in [6, 6.07) is 0.